The molecule has 10 heteroatoms. The smallest absolute Gasteiger partial charge is 0.409 e. The number of likely N-dealkylation sites (tertiary alicyclic amines) is 1. The van der Waals surface area contributed by atoms with Gasteiger partial charge in [-0.15, -0.1) is 0 Å². The van der Waals surface area contributed by atoms with Crippen molar-refractivity contribution < 1.29 is 33.1 Å². The zero-order chi connectivity index (χ0) is 23.8. The molecule has 1 aliphatic heterocycles. The number of furan rings is 1. The number of anilines is 1. The molecule has 0 radical (unpaired) electrons. The molecule has 2 aromatic rings. The lowest BCUT2D eigenvalue weighted by Gasteiger charge is -2.31. The van der Waals surface area contributed by atoms with E-state index in [1.807, 2.05) is 0 Å². The number of carbonyl (C=O) groups excluding carboxylic acids is 4. The molecule has 3 rings (SSSR count). The van der Waals surface area contributed by atoms with Crippen molar-refractivity contribution in [3.05, 3.63) is 53.5 Å². The molecule has 1 aromatic carbocycles. The fraction of sp³-hybridized carbons (Fsp3) is 0.391. The topological polar surface area (TPSA) is 127 Å². The van der Waals surface area contributed by atoms with Gasteiger partial charge in [0.25, 0.3) is 11.8 Å². The summed E-state index contributed by atoms with van der Waals surface area (Å²) in [6, 6.07) is 7.74. The number of carbonyl (C=O) groups is 4. The molecule has 0 spiro atoms. The van der Waals surface area contributed by atoms with Gasteiger partial charge in [0.05, 0.1) is 18.4 Å². The quantitative estimate of drug-likeness (QED) is 0.612. The van der Waals surface area contributed by atoms with Gasteiger partial charge in [-0.3, -0.25) is 9.59 Å². The lowest BCUT2D eigenvalue weighted by Crippen LogP contribution is -2.47. The predicted molar refractivity (Wildman–Crippen MR) is 118 cm³/mol. The van der Waals surface area contributed by atoms with E-state index < -0.39 is 24.4 Å². The summed E-state index contributed by atoms with van der Waals surface area (Å²) in [4.78, 5) is 50.1. The van der Waals surface area contributed by atoms with Crippen molar-refractivity contribution in [1.82, 2.24) is 10.2 Å². The van der Waals surface area contributed by atoms with E-state index in [4.69, 9.17) is 13.9 Å². The standard InChI is InChI=1S/C23H27N3O7/c1-3-31-23(30)26-10-8-17(9-11-26)24-20(27)14-33-22(29)16-7-6-15(2)18(13-16)25-21(28)19-5-4-12-32-19/h4-7,12-13,17H,3,8-11,14H2,1-2H3,(H,24,27)(H,25,28). The highest BCUT2D eigenvalue weighted by Crippen LogP contribution is 2.19. The van der Waals surface area contributed by atoms with Crippen LogP contribution in [0.25, 0.3) is 0 Å². The van der Waals surface area contributed by atoms with Crippen molar-refractivity contribution in [3.8, 4) is 0 Å². The van der Waals surface area contributed by atoms with Crippen LogP contribution in [0, 0.1) is 6.92 Å². The van der Waals surface area contributed by atoms with Crippen molar-refractivity contribution in [3.63, 3.8) is 0 Å². The third-order valence-electron chi connectivity index (χ3n) is 5.19. The van der Waals surface area contributed by atoms with Gasteiger partial charge in [-0.1, -0.05) is 6.07 Å². The molecule has 10 nitrogen and oxygen atoms in total. The Labute approximate surface area is 191 Å². The summed E-state index contributed by atoms with van der Waals surface area (Å²) in [5.41, 5.74) is 1.38. The summed E-state index contributed by atoms with van der Waals surface area (Å²) in [5, 5.41) is 5.51. The number of hydrogen-bond donors (Lipinski definition) is 2. The average Bonchev–Trinajstić information content (AvgIpc) is 3.35. The minimum atomic E-state index is -0.684. The maximum Gasteiger partial charge on any atom is 0.409 e. The molecule has 2 heterocycles. The van der Waals surface area contributed by atoms with E-state index >= 15 is 0 Å². The van der Waals surface area contributed by atoms with Crippen LogP contribution in [0.15, 0.2) is 41.0 Å². The normalized spacial score (nSPS) is 13.8. The Hall–Kier alpha value is -3.82. The van der Waals surface area contributed by atoms with Crippen LogP contribution in [-0.4, -0.2) is 61.1 Å². The highest BCUT2D eigenvalue weighted by molar-refractivity contribution is 6.03. The molecule has 1 saturated heterocycles. The second-order valence-corrected chi connectivity index (χ2v) is 7.57. The molecule has 0 saturated carbocycles. The van der Waals surface area contributed by atoms with Crippen LogP contribution in [0.3, 0.4) is 0 Å². The third-order valence-corrected chi connectivity index (χ3v) is 5.19. The monoisotopic (exact) mass is 457 g/mol. The highest BCUT2D eigenvalue weighted by Gasteiger charge is 2.25. The average molecular weight is 457 g/mol. The van der Waals surface area contributed by atoms with Gasteiger partial charge in [0, 0.05) is 24.8 Å². The number of amides is 3. The summed E-state index contributed by atoms with van der Waals surface area (Å²) in [5.74, 6) is -1.40. The first-order chi connectivity index (χ1) is 15.9. The first-order valence-corrected chi connectivity index (χ1v) is 10.7. The summed E-state index contributed by atoms with van der Waals surface area (Å²) in [6.07, 6.45) is 2.23. The van der Waals surface area contributed by atoms with Gasteiger partial charge in [-0.05, 0) is 56.5 Å². The van der Waals surface area contributed by atoms with Crippen molar-refractivity contribution in [2.45, 2.75) is 32.7 Å². The van der Waals surface area contributed by atoms with Gasteiger partial charge in [0.2, 0.25) is 0 Å². The number of rotatable bonds is 7. The first kappa shape index (κ1) is 23.8. The first-order valence-electron chi connectivity index (χ1n) is 10.7. The maximum atomic E-state index is 12.4. The Bertz CT molecular complexity index is 995. The van der Waals surface area contributed by atoms with Crippen LogP contribution in [0.4, 0.5) is 10.5 Å². The summed E-state index contributed by atoms with van der Waals surface area (Å²) >= 11 is 0. The Morgan fingerprint density at radius 2 is 1.88 bits per heavy atom. The Balaban J connectivity index is 1.47. The van der Waals surface area contributed by atoms with E-state index in [0.717, 1.165) is 5.56 Å². The highest BCUT2D eigenvalue weighted by atomic mass is 16.6. The molecule has 0 aliphatic carbocycles. The Morgan fingerprint density at radius 3 is 2.55 bits per heavy atom. The molecule has 3 amide bonds. The van der Waals surface area contributed by atoms with Gasteiger partial charge in [0.15, 0.2) is 12.4 Å². The minimum absolute atomic E-state index is 0.107. The van der Waals surface area contributed by atoms with Gasteiger partial charge < -0.3 is 29.4 Å². The van der Waals surface area contributed by atoms with Crippen LogP contribution < -0.4 is 10.6 Å². The van der Waals surface area contributed by atoms with E-state index in [1.54, 1.807) is 36.9 Å². The van der Waals surface area contributed by atoms with Crippen LogP contribution in [0.1, 0.15) is 46.2 Å². The summed E-state index contributed by atoms with van der Waals surface area (Å²) in [6.45, 7) is 4.39. The van der Waals surface area contributed by atoms with Gasteiger partial charge in [0.1, 0.15) is 0 Å². The van der Waals surface area contributed by atoms with E-state index in [9.17, 15) is 19.2 Å². The Morgan fingerprint density at radius 1 is 1.12 bits per heavy atom. The number of aryl methyl sites for hydroxylation is 1. The SMILES string of the molecule is CCOC(=O)N1CCC(NC(=O)COC(=O)c2ccc(C)c(NC(=O)c3ccco3)c2)CC1. The number of piperidine rings is 1. The van der Waals surface area contributed by atoms with Crippen LogP contribution in [0.5, 0.6) is 0 Å². The number of nitrogens with one attached hydrogen (secondary N) is 2. The van der Waals surface area contributed by atoms with Crippen molar-refractivity contribution in [2.24, 2.45) is 0 Å². The van der Waals surface area contributed by atoms with Crippen LogP contribution >= 0.6 is 0 Å². The van der Waals surface area contributed by atoms with E-state index in [2.05, 4.69) is 10.6 Å². The second-order valence-electron chi connectivity index (χ2n) is 7.57. The lowest BCUT2D eigenvalue weighted by molar-refractivity contribution is -0.125. The number of esters is 1. The number of benzene rings is 1. The zero-order valence-electron chi connectivity index (χ0n) is 18.6. The fourth-order valence-corrected chi connectivity index (χ4v) is 3.38. The molecule has 176 valence electrons. The van der Waals surface area contributed by atoms with Crippen molar-refractivity contribution in [1.29, 1.82) is 0 Å². The molecule has 0 atom stereocenters. The molecule has 0 bridgehead atoms. The van der Waals surface area contributed by atoms with Crippen molar-refractivity contribution in [2.75, 3.05) is 31.6 Å². The zero-order valence-corrected chi connectivity index (χ0v) is 18.6. The number of ether oxygens (including phenoxy) is 2. The van der Waals surface area contributed by atoms with Gasteiger partial charge >= 0.3 is 12.1 Å². The number of nitrogens with zero attached hydrogens (tertiary/aromatic N) is 1. The molecule has 1 aliphatic rings. The van der Waals surface area contributed by atoms with E-state index in [0.29, 0.717) is 38.2 Å². The lowest BCUT2D eigenvalue weighted by atomic mass is 10.1. The molecule has 1 fully saturated rings. The minimum Gasteiger partial charge on any atom is -0.459 e. The molecular formula is C23H27N3O7. The number of hydrogen-bond acceptors (Lipinski definition) is 7. The largest absolute Gasteiger partial charge is 0.459 e. The van der Waals surface area contributed by atoms with Gasteiger partial charge in [-0.2, -0.15) is 0 Å². The van der Waals surface area contributed by atoms with Crippen LogP contribution in [0.2, 0.25) is 0 Å². The van der Waals surface area contributed by atoms with Crippen LogP contribution in [-0.2, 0) is 14.3 Å². The summed E-state index contributed by atoms with van der Waals surface area (Å²) in [7, 11) is 0. The molecule has 0 unspecified atom stereocenters. The molecular weight excluding hydrogens is 430 g/mol. The summed E-state index contributed by atoms with van der Waals surface area (Å²) < 4.78 is 15.2. The maximum absolute atomic E-state index is 12.4. The predicted octanol–water partition coefficient (Wildman–Crippen LogP) is 2.73. The molecule has 33 heavy (non-hydrogen) atoms. The fourth-order valence-electron chi connectivity index (χ4n) is 3.38. The van der Waals surface area contributed by atoms with E-state index in [-0.39, 0.29) is 23.5 Å². The third kappa shape index (κ3) is 6.58. The molecule has 1 aromatic heterocycles. The van der Waals surface area contributed by atoms with Gasteiger partial charge in [-0.25, -0.2) is 9.59 Å². The van der Waals surface area contributed by atoms with E-state index in [1.165, 1.54) is 18.4 Å². The molecule has 2 N–H and O–H groups in total. The van der Waals surface area contributed by atoms with Crippen molar-refractivity contribution >= 4 is 29.6 Å². The second kappa shape index (κ2) is 11.2. The Kier molecular flexibility index (Phi) is 8.06.